The molecule has 6 rings (SSSR count). The lowest BCUT2D eigenvalue weighted by molar-refractivity contribution is 0.191. The van der Waals surface area contributed by atoms with Gasteiger partial charge in [0, 0.05) is 48.5 Å². The molecule has 2 aromatic carbocycles. The first-order chi connectivity index (χ1) is 17.0. The third-order valence-electron chi connectivity index (χ3n) is 8.45. The minimum atomic E-state index is 0.0255. The number of nitrogens with zero attached hydrogens (tertiary/aromatic N) is 3. The summed E-state index contributed by atoms with van der Waals surface area (Å²) in [7, 11) is 0. The first kappa shape index (κ1) is 23.0. The predicted octanol–water partition coefficient (Wildman–Crippen LogP) is 4.84. The monoisotopic (exact) mass is 535 g/mol. The summed E-state index contributed by atoms with van der Waals surface area (Å²) in [4.78, 5) is 23.3. The molecule has 7 heteroatoms. The van der Waals surface area contributed by atoms with Crippen molar-refractivity contribution >= 4 is 32.8 Å². The largest absolute Gasteiger partial charge is 0.370 e. The van der Waals surface area contributed by atoms with Crippen LogP contribution in [-0.4, -0.2) is 52.5 Å². The number of benzene rings is 2. The Kier molecular flexibility index (Phi) is 6.09. The molecule has 2 N–H and O–H groups in total. The number of fused-ring (bicyclic) bond motifs is 4. The number of aryl methyl sites for hydroxylation is 3. The Bertz CT molecular complexity index is 1350. The van der Waals surface area contributed by atoms with Gasteiger partial charge in [0.1, 0.15) is 0 Å². The lowest BCUT2D eigenvalue weighted by Gasteiger charge is -2.32. The van der Waals surface area contributed by atoms with E-state index in [1.165, 1.54) is 39.0 Å². The van der Waals surface area contributed by atoms with Gasteiger partial charge >= 0.3 is 5.69 Å². The van der Waals surface area contributed by atoms with Gasteiger partial charge in [-0.1, -0.05) is 22.0 Å². The number of piperidine rings is 1. The molecular formula is C28H34BrN5O. The van der Waals surface area contributed by atoms with E-state index in [1.54, 1.807) is 0 Å². The number of aromatic amines is 1. The van der Waals surface area contributed by atoms with Crippen molar-refractivity contribution in [1.29, 1.82) is 0 Å². The van der Waals surface area contributed by atoms with Gasteiger partial charge in [0.25, 0.3) is 0 Å². The van der Waals surface area contributed by atoms with Gasteiger partial charge < -0.3 is 15.2 Å². The number of nitrogens with one attached hydrogen (secondary N) is 2. The summed E-state index contributed by atoms with van der Waals surface area (Å²) in [5.74, 6) is 1.74. The molecule has 3 aliphatic rings. The molecule has 0 spiro atoms. The lowest BCUT2D eigenvalue weighted by atomic mass is 9.80. The minimum Gasteiger partial charge on any atom is -0.370 e. The number of aliphatic imine (C=N–C) groups is 1. The number of halogens is 1. The summed E-state index contributed by atoms with van der Waals surface area (Å²) in [6.07, 6.45) is 5.37. The van der Waals surface area contributed by atoms with Crippen molar-refractivity contribution in [3.63, 3.8) is 0 Å². The number of hydrogen-bond donors (Lipinski definition) is 2. The topological polar surface area (TPSA) is 65.4 Å². The Hall–Kier alpha value is -2.38. The average molecular weight is 537 g/mol. The molecule has 1 aromatic heterocycles. The second-order valence-electron chi connectivity index (χ2n) is 10.6. The summed E-state index contributed by atoms with van der Waals surface area (Å²) in [6.45, 7) is 8.07. The molecule has 0 unspecified atom stereocenters. The van der Waals surface area contributed by atoms with Gasteiger partial charge in [0.2, 0.25) is 0 Å². The normalized spacial score (nSPS) is 24.0. The van der Waals surface area contributed by atoms with Crippen molar-refractivity contribution in [2.75, 3.05) is 26.2 Å². The molecular weight excluding hydrogens is 502 g/mol. The fourth-order valence-electron chi connectivity index (χ4n) is 6.37. The van der Waals surface area contributed by atoms with Gasteiger partial charge in [-0.2, -0.15) is 0 Å². The van der Waals surface area contributed by atoms with E-state index < -0.39 is 0 Å². The highest BCUT2D eigenvalue weighted by Crippen LogP contribution is 2.39. The second-order valence-corrected chi connectivity index (χ2v) is 11.5. The van der Waals surface area contributed by atoms with Gasteiger partial charge in [-0.3, -0.25) is 9.56 Å². The molecule has 184 valence electrons. The maximum atomic E-state index is 12.7. The van der Waals surface area contributed by atoms with E-state index in [1.807, 2.05) is 4.57 Å². The van der Waals surface area contributed by atoms with Gasteiger partial charge in [-0.05, 0) is 86.1 Å². The van der Waals surface area contributed by atoms with Crippen molar-refractivity contribution in [1.82, 2.24) is 19.8 Å². The molecule has 3 heterocycles. The molecule has 0 amide bonds. The fraction of sp³-hybridized carbons (Fsp3) is 0.500. The SMILES string of the molecule is Cc1cc2[nH]c(=O)n(C3CCN(CCN=C4C[C@H]5c6ccc(Br)cc6CC[C@H]5N4)CC3)c2cc1C. The number of rotatable bonds is 4. The van der Waals surface area contributed by atoms with Gasteiger partial charge in [0.15, 0.2) is 0 Å². The van der Waals surface area contributed by atoms with Crippen LogP contribution in [0.25, 0.3) is 11.0 Å². The highest BCUT2D eigenvalue weighted by Gasteiger charge is 2.36. The summed E-state index contributed by atoms with van der Waals surface area (Å²) in [5, 5.41) is 3.72. The highest BCUT2D eigenvalue weighted by molar-refractivity contribution is 9.10. The van der Waals surface area contributed by atoms with Crippen molar-refractivity contribution in [3.05, 3.63) is 67.5 Å². The molecule has 35 heavy (non-hydrogen) atoms. The third kappa shape index (κ3) is 4.38. The molecule has 0 saturated carbocycles. The molecule has 0 bridgehead atoms. The number of imidazole rings is 1. The van der Waals surface area contributed by atoms with Crippen LogP contribution in [0.3, 0.4) is 0 Å². The van der Waals surface area contributed by atoms with Crippen LogP contribution >= 0.6 is 15.9 Å². The Labute approximate surface area is 214 Å². The number of amidine groups is 1. The van der Waals surface area contributed by atoms with Crippen LogP contribution in [0.15, 0.2) is 44.6 Å². The number of hydrogen-bond acceptors (Lipinski definition) is 3. The summed E-state index contributed by atoms with van der Waals surface area (Å²) in [6, 6.07) is 11.8. The summed E-state index contributed by atoms with van der Waals surface area (Å²) >= 11 is 3.62. The van der Waals surface area contributed by atoms with Crippen LogP contribution < -0.4 is 11.0 Å². The smallest absolute Gasteiger partial charge is 0.326 e. The molecule has 1 aliphatic carbocycles. The van der Waals surface area contributed by atoms with Crippen LogP contribution in [0.2, 0.25) is 0 Å². The van der Waals surface area contributed by atoms with Crippen LogP contribution in [0.4, 0.5) is 0 Å². The van der Waals surface area contributed by atoms with E-state index in [-0.39, 0.29) is 11.7 Å². The number of aromatic nitrogens is 2. The number of H-pyrrole nitrogens is 1. The van der Waals surface area contributed by atoms with E-state index in [4.69, 9.17) is 4.99 Å². The quantitative estimate of drug-likeness (QED) is 0.502. The Morgan fingerprint density at radius 1 is 1.09 bits per heavy atom. The molecule has 2 fully saturated rings. The summed E-state index contributed by atoms with van der Waals surface area (Å²) in [5.41, 5.74) is 7.47. The van der Waals surface area contributed by atoms with E-state index in [2.05, 4.69) is 75.3 Å². The molecule has 0 radical (unpaired) electrons. The van der Waals surface area contributed by atoms with Crippen LogP contribution in [0.1, 0.15) is 59.9 Å². The van der Waals surface area contributed by atoms with Crippen molar-refractivity contribution in [2.45, 2.75) is 64.0 Å². The Morgan fingerprint density at radius 3 is 2.71 bits per heavy atom. The molecule has 2 aliphatic heterocycles. The van der Waals surface area contributed by atoms with Crippen molar-refractivity contribution in [2.24, 2.45) is 4.99 Å². The van der Waals surface area contributed by atoms with E-state index in [0.717, 1.165) is 62.9 Å². The van der Waals surface area contributed by atoms with Crippen LogP contribution in [-0.2, 0) is 6.42 Å². The zero-order valence-electron chi connectivity index (χ0n) is 20.6. The standard InChI is InChI=1S/C28H34BrN5O/c1-17-13-25-26(14-18(17)2)34(28(35)32-25)21-7-10-33(11-8-21)12-9-30-27-16-23-22-5-4-20(29)15-19(22)3-6-24(23)31-27/h4-5,13-15,21,23-24H,3,6-12,16H2,1-2H3,(H,30,31)(H,32,35)/t23-,24+/m0/s1. The molecule has 3 aromatic rings. The predicted molar refractivity (Wildman–Crippen MR) is 146 cm³/mol. The van der Waals surface area contributed by atoms with E-state index in [9.17, 15) is 4.79 Å². The molecule has 2 saturated heterocycles. The average Bonchev–Trinajstić information content (AvgIpc) is 3.39. The van der Waals surface area contributed by atoms with Crippen LogP contribution in [0.5, 0.6) is 0 Å². The fourth-order valence-corrected chi connectivity index (χ4v) is 6.78. The van der Waals surface area contributed by atoms with Gasteiger partial charge in [0.05, 0.1) is 23.4 Å². The Morgan fingerprint density at radius 2 is 1.89 bits per heavy atom. The van der Waals surface area contributed by atoms with Crippen molar-refractivity contribution < 1.29 is 0 Å². The van der Waals surface area contributed by atoms with E-state index in [0.29, 0.717) is 12.0 Å². The lowest BCUT2D eigenvalue weighted by Crippen LogP contribution is -2.38. The maximum absolute atomic E-state index is 12.7. The van der Waals surface area contributed by atoms with Gasteiger partial charge in [-0.15, -0.1) is 0 Å². The first-order valence-electron chi connectivity index (χ1n) is 13.0. The highest BCUT2D eigenvalue weighted by atomic mass is 79.9. The van der Waals surface area contributed by atoms with E-state index >= 15 is 0 Å². The Balaban J connectivity index is 1.05. The molecule has 2 atom stereocenters. The summed E-state index contributed by atoms with van der Waals surface area (Å²) < 4.78 is 3.18. The van der Waals surface area contributed by atoms with Crippen LogP contribution in [0, 0.1) is 13.8 Å². The maximum Gasteiger partial charge on any atom is 0.326 e. The zero-order chi connectivity index (χ0) is 24.1. The first-order valence-corrected chi connectivity index (χ1v) is 13.8. The molecule has 6 nitrogen and oxygen atoms in total. The minimum absolute atomic E-state index is 0.0255. The second kappa shape index (κ2) is 9.25. The zero-order valence-corrected chi connectivity index (χ0v) is 22.2. The third-order valence-corrected chi connectivity index (χ3v) is 8.95. The number of likely N-dealkylation sites (tertiary alicyclic amines) is 1. The van der Waals surface area contributed by atoms with Crippen molar-refractivity contribution in [3.8, 4) is 0 Å². The van der Waals surface area contributed by atoms with Gasteiger partial charge in [-0.25, -0.2) is 4.79 Å².